The molecule has 0 fully saturated rings. The van der Waals surface area contributed by atoms with Crippen LogP contribution < -0.4 is 10.1 Å². The molecule has 29 heavy (non-hydrogen) atoms. The Morgan fingerprint density at radius 1 is 1.31 bits per heavy atom. The number of aliphatic hydroxyl groups is 1. The molecule has 2 rings (SSSR count). The number of benzene rings is 1. The van der Waals surface area contributed by atoms with Crippen LogP contribution >= 0.6 is 11.3 Å². The van der Waals surface area contributed by atoms with Crippen LogP contribution in [-0.2, 0) is 22.1 Å². The minimum atomic E-state index is -4.51. The number of methoxy groups -OCH3 is 1. The van der Waals surface area contributed by atoms with Crippen molar-refractivity contribution in [3.05, 3.63) is 45.4 Å². The molecule has 0 aliphatic carbocycles. The summed E-state index contributed by atoms with van der Waals surface area (Å²) < 4.78 is 48.0. The third kappa shape index (κ3) is 6.98. The minimum Gasteiger partial charge on any atom is -0.482 e. The van der Waals surface area contributed by atoms with Gasteiger partial charge in [0.15, 0.2) is 11.6 Å². The van der Waals surface area contributed by atoms with Crippen LogP contribution in [0, 0.1) is 6.92 Å². The van der Waals surface area contributed by atoms with Gasteiger partial charge in [-0.2, -0.15) is 13.2 Å². The molecule has 0 radical (unpaired) electrons. The second kappa shape index (κ2) is 10.0. The zero-order valence-electron chi connectivity index (χ0n) is 16.2. The molecular formula is C19H23F3N2O4S. The highest BCUT2D eigenvalue weighted by Gasteiger charge is 2.36. The number of rotatable bonds is 9. The van der Waals surface area contributed by atoms with Gasteiger partial charge in [0.2, 0.25) is 0 Å². The van der Waals surface area contributed by atoms with Gasteiger partial charge in [-0.05, 0) is 38.0 Å². The van der Waals surface area contributed by atoms with Gasteiger partial charge in [0, 0.05) is 17.5 Å². The Kier molecular flexibility index (Phi) is 8.00. The van der Waals surface area contributed by atoms with Crippen LogP contribution in [0.4, 0.5) is 13.2 Å². The molecule has 1 aromatic carbocycles. The van der Waals surface area contributed by atoms with Crippen molar-refractivity contribution in [3.63, 3.8) is 0 Å². The van der Waals surface area contributed by atoms with Crippen molar-refractivity contribution in [1.29, 1.82) is 0 Å². The zero-order valence-corrected chi connectivity index (χ0v) is 17.1. The van der Waals surface area contributed by atoms with E-state index in [1.807, 2.05) is 19.1 Å². The lowest BCUT2D eigenvalue weighted by molar-refractivity contribution is -0.143. The number of aryl methyl sites for hydroxylation is 1. The number of hydrogen-bond donors (Lipinski definition) is 2. The van der Waals surface area contributed by atoms with E-state index in [2.05, 4.69) is 15.0 Å². The number of aromatic nitrogens is 1. The van der Waals surface area contributed by atoms with E-state index in [-0.39, 0.29) is 24.9 Å². The van der Waals surface area contributed by atoms with E-state index in [4.69, 9.17) is 4.74 Å². The highest BCUT2D eigenvalue weighted by atomic mass is 32.1. The third-order valence-electron chi connectivity index (χ3n) is 4.10. The number of thiazole rings is 1. The van der Waals surface area contributed by atoms with Gasteiger partial charge in [-0.25, -0.2) is 9.78 Å². The molecule has 2 aromatic rings. The van der Waals surface area contributed by atoms with Crippen LogP contribution in [0.25, 0.3) is 0 Å². The summed E-state index contributed by atoms with van der Waals surface area (Å²) in [5.41, 5.74) is 1.04. The van der Waals surface area contributed by atoms with E-state index < -0.39 is 23.3 Å². The average Bonchev–Trinajstić information content (AvgIpc) is 3.07. The lowest BCUT2D eigenvalue weighted by Crippen LogP contribution is -2.32. The van der Waals surface area contributed by atoms with Gasteiger partial charge in [0.05, 0.1) is 12.8 Å². The fraction of sp³-hybridized carbons (Fsp3) is 0.474. The van der Waals surface area contributed by atoms with E-state index in [9.17, 15) is 23.1 Å². The summed E-state index contributed by atoms with van der Waals surface area (Å²) in [4.78, 5) is 15.0. The molecule has 0 aliphatic rings. The maximum Gasteiger partial charge on any atom is 0.443 e. The van der Waals surface area contributed by atoms with Crippen LogP contribution in [0.2, 0.25) is 0 Å². The maximum atomic E-state index is 12.8. The largest absolute Gasteiger partial charge is 0.482 e. The summed E-state index contributed by atoms with van der Waals surface area (Å²) in [5, 5.41) is 12.4. The molecule has 1 heterocycles. The van der Waals surface area contributed by atoms with Gasteiger partial charge < -0.3 is 19.9 Å². The van der Waals surface area contributed by atoms with Gasteiger partial charge in [0.25, 0.3) is 0 Å². The molecular weight excluding hydrogens is 409 g/mol. The normalized spacial score (nSPS) is 13.8. The van der Waals surface area contributed by atoms with Gasteiger partial charge >= 0.3 is 12.1 Å². The molecule has 0 aliphatic heterocycles. The molecule has 0 spiro atoms. The topological polar surface area (TPSA) is 80.7 Å². The summed E-state index contributed by atoms with van der Waals surface area (Å²) >= 11 is 0.530. The molecule has 6 nitrogen and oxygen atoms in total. The highest BCUT2D eigenvalue weighted by Crippen LogP contribution is 2.35. The van der Waals surface area contributed by atoms with E-state index in [1.165, 1.54) is 14.0 Å². The fourth-order valence-electron chi connectivity index (χ4n) is 2.60. The number of hydrogen-bond acceptors (Lipinski definition) is 7. The third-order valence-corrected chi connectivity index (χ3v) is 5.13. The van der Waals surface area contributed by atoms with Crippen molar-refractivity contribution in [3.8, 4) is 5.75 Å². The summed E-state index contributed by atoms with van der Waals surface area (Å²) in [6, 6.07) is 7.13. The second-order valence-electron chi connectivity index (χ2n) is 6.50. The second-order valence-corrected chi connectivity index (χ2v) is 7.70. The average molecular weight is 432 g/mol. The minimum absolute atomic E-state index is 0.0347. The molecule has 0 amide bonds. The van der Waals surface area contributed by atoms with Gasteiger partial charge in [-0.1, -0.05) is 12.1 Å². The monoisotopic (exact) mass is 432 g/mol. The quantitative estimate of drug-likeness (QED) is 0.592. The van der Waals surface area contributed by atoms with E-state index in [1.54, 1.807) is 12.1 Å². The van der Waals surface area contributed by atoms with Gasteiger partial charge in [-0.3, -0.25) is 0 Å². The summed E-state index contributed by atoms with van der Waals surface area (Å²) in [6.45, 7) is 3.34. The number of nitrogens with zero attached hydrogens (tertiary/aromatic N) is 1. The van der Waals surface area contributed by atoms with Crippen LogP contribution in [0.15, 0.2) is 24.3 Å². The molecule has 160 valence electrons. The zero-order chi connectivity index (χ0) is 21.6. The predicted octanol–water partition coefficient (Wildman–Crippen LogP) is 3.28. The molecule has 0 saturated carbocycles. The molecule has 1 aromatic heterocycles. The first-order chi connectivity index (χ1) is 13.6. The van der Waals surface area contributed by atoms with Crippen molar-refractivity contribution >= 4 is 17.3 Å². The fourth-order valence-corrected chi connectivity index (χ4v) is 3.43. The number of carbonyl (C=O) groups excluding carboxylic acids is 1. The Balaban J connectivity index is 1.84. The maximum absolute atomic E-state index is 12.8. The highest BCUT2D eigenvalue weighted by molar-refractivity contribution is 7.11. The lowest BCUT2D eigenvalue weighted by atomic mass is 10.1. The Labute approximate surface area is 170 Å². The molecule has 2 atom stereocenters. The first-order valence-electron chi connectivity index (χ1n) is 8.84. The summed E-state index contributed by atoms with van der Waals surface area (Å²) in [5.74, 6) is 0.0674. The smallest absolute Gasteiger partial charge is 0.443 e. The predicted molar refractivity (Wildman–Crippen MR) is 102 cm³/mol. The van der Waals surface area contributed by atoms with Crippen molar-refractivity contribution in [2.75, 3.05) is 20.3 Å². The van der Waals surface area contributed by atoms with Crippen molar-refractivity contribution in [1.82, 2.24) is 10.3 Å². The first kappa shape index (κ1) is 23.1. The molecule has 0 bridgehead atoms. The summed E-state index contributed by atoms with van der Waals surface area (Å²) in [6.07, 6.45) is -5.01. The number of aliphatic hydroxyl groups excluding tert-OH is 1. The number of halogens is 3. The van der Waals surface area contributed by atoms with Crippen LogP contribution in [0.3, 0.4) is 0 Å². The van der Waals surface area contributed by atoms with E-state index in [0.717, 1.165) is 5.56 Å². The van der Waals surface area contributed by atoms with Crippen molar-refractivity contribution in [2.45, 2.75) is 38.6 Å². The lowest BCUT2D eigenvalue weighted by Gasteiger charge is -2.17. The van der Waals surface area contributed by atoms with Crippen LogP contribution in [0.1, 0.15) is 34.2 Å². The van der Waals surface area contributed by atoms with Crippen molar-refractivity contribution < 1.29 is 32.5 Å². The van der Waals surface area contributed by atoms with E-state index in [0.29, 0.717) is 28.4 Å². The first-order valence-corrected chi connectivity index (χ1v) is 9.66. The Morgan fingerprint density at radius 3 is 2.52 bits per heavy atom. The van der Waals surface area contributed by atoms with Crippen LogP contribution in [-0.4, -0.2) is 42.4 Å². The molecule has 0 saturated heterocycles. The number of carbonyl (C=O) groups is 1. The molecule has 10 heteroatoms. The number of esters is 1. The number of alkyl halides is 3. The van der Waals surface area contributed by atoms with Crippen LogP contribution in [0.5, 0.6) is 5.75 Å². The Bertz CT molecular complexity index is 809. The van der Waals surface area contributed by atoms with E-state index >= 15 is 0 Å². The molecule has 2 N–H and O–H groups in total. The SMILES string of the molecule is COC(=O)COc1ccc(CC(C)NCC(O)c2nc(C(F)(F)F)sc2C)cc1. The van der Waals surface area contributed by atoms with Gasteiger partial charge in [0.1, 0.15) is 11.9 Å². The Morgan fingerprint density at radius 2 is 1.97 bits per heavy atom. The number of ether oxygens (including phenoxy) is 2. The Hall–Kier alpha value is -2.17. The standard InChI is InChI=1S/C19H23F3N2O4S/c1-11(8-13-4-6-14(7-5-13)28-10-16(26)27-3)23-9-15(25)17-12(2)29-18(24-17)19(20,21)22/h4-7,11,15,23,25H,8-10H2,1-3H3. The molecule has 2 unspecified atom stereocenters. The summed E-state index contributed by atoms with van der Waals surface area (Å²) in [7, 11) is 1.28. The van der Waals surface area contributed by atoms with Gasteiger partial charge in [-0.15, -0.1) is 11.3 Å². The number of nitrogens with one attached hydrogen (secondary N) is 1. The van der Waals surface area contributed by atoms with Crippen molar-refractivity contribution in [2.24, 2.45) is 0 Å².